The zero-order chi connectivity index (χ0) is 14.9. The van der Waals surface area contributed by atoms with Crippen LogP contribution in [0.2, 0.25) is 0 Å². The molecule has 0 spiro atoms. The zero-order valence-corrected chi connectivity index (χ0v) is 10.7. The van der Waals surface area contributed by atoms with Crippen molar-refractivity contribution >= 4 is 55.1 Å². The molecule has 0 bridgehead atoms. The molecule has 0 fully saturated rings. The molecule has 21 heavy (non-hydrogen) atoms. The maximum absolute atomic E-state index is 12.2. The van der Waals surface area contributed by atoms with Crippen LogP contribution in [0.5, 0.6) is 0 Å². The van der Waals surface area contributed by atoms with Gasteiger partial charge in [0.1, 0.15) is 22.7 Å². The van der Waals surface area contributed by atoms with Crippen LogP contribution in [0.3, 0.4) is 0 Å². The van der Waals surface area contributed by atoms with Crippen LogP contribution in [-0.4, -0.2) is 44.4 Å². The van der Waals surface area contributed by atoms with Gasteiger partial charge >= 0.3 is 7.28 Å². The predicted molar refractivity (Wildman–Crippen MR) is 78.5 cm³/mol. The SMILES string of the molecule is [B]B1C(=O)c2ccc3c4c(ccc3c2C1=O)C(=O)[B]C4=O. The zero-order valence-electron chi connectivity index (χ0n) is 10.7. The summed E-state index contributed by atoms with van der Waals surface area (Å²) in [5.41, 5.74) is -0.416. The molecule has 0 saturated carbocycles. The number of benzene rings is 2. The lowest BCUT2D eigenvalue weighted by Crippen LogP contribution is -2.28. The van der Waals surface area contributed by atoms with Gasteiger partial charge in [-0.2, -0.15) is 0 Å². The summed E-state index contributed by atoms with van der Waals surface area (Å²) >= 11 is 0. The van der Waals surface area contributed by atoms with Crippen molar-refractivity contribution in [3.05, 3.63) is 46.5 Å². The van der Waals surface area contributed by atoms with Gasteiger partial charge in [0.05, 0.1) is 0 Å². The van der Waals surface area contributed by atoms with Crippen LogP contribution < -0.4 is 0 Å². The standard InChI is InChI=1S/C14H4B3O4/c15-17-13(20)8-4-2-5-6(10(8)14(17)21)1-3-7-9(5)12(19)16-11(7)18/h1-4H. The van der Waals surface area contributed by atoms with Gasteiger partial charge in [0.15, 0.2) is 0 Å². The molecule has 4 nitrogen and oxygen atoms in total. The summed E-state index contributed by atoms with van der Waals surface area (Å²) in [6, 6.07) is 6.21. The van der Waals surface area contributed by atoms with E-state index in [1.54, 1.807) is 12.1 Å². The molecule has 2 aliphatic rings. The maximum Gasteiger partial charge on any atom is 0.304 e. The molecule has 2 aromatic rings. The van der Waals surface area contributed by atoms with Gasteiger partial charge in [-0.25, -0.2) is 0 Å². The molecular weight excluding hydrogens is 265 g/mol. The summed E-state index contributed by atoms with van der Waals surface area (Å²) in [5.74, 6) is 0. The minimum absolute atomic E-state index is 0.250. The lowest BCUT2D eigenvalue weighted by atomic mass is 9.30. The third-order valence-electron chi connectivity index (χ3n) is 4.05. The van der Waals surface area contributed by atoms with E-state index in [0.29, 0.717) is 21.9 Å². The van der Waals surface area contributed by atoms with E-state index in [0.717, 1.165) is 7.28 Å². The van der Waals surface area contributed by atoms with Crippen LogP contribution in [0, 0.1) is 0 Å². The molecule has 0 amide bonds. The van der Waals surface area contributed by atoms with E-state index in [4.69, 9.17) is 7.74 Å². The monoisotopic (exact) mass is 269 g/mol. The fraction of sp³-hybridized carbons (Fsp3) is 0. The van der Waals surface area contributed by atoms with Crippen molar-refractivity contribution in [3.63, 3.8) is 0 Å². The van der Waals surface area contributed by atoms with Crippen molar-refractivity contribution in [1.82, 2.24) is 0 Å². The number of carbonyl (C=O) groups excluding carboxylic acids is 4. The Kier molecular flexibility index (Phi) is 2.24. The molecule has 0 aliphatic carbocycles. The Balaban J connectivity index is 2.15. The van der Waals surface area contributed by atoms with E-state index in [1.165, 1.54) is 12.1 Å². The first kappa shape index (κ1) is 12.3. The molecule has 2 aliphatic heterocycles. The molecule has 0 N–H and O–H groups in total. The largest absolute Gasteiger partial charge is 0.306 e. The lowest BCUT2D eigenvalue weighted by Gasteiger charge is -2.08. The summed E-state index contributed by atoms with van der Waals surface area (Å²) in [6.45, 7) is -1.18. The van der Waals surface area contributed by atoms with Gasteiger partial charge in [0.25, 0.3) is 6.60 Å². The molecule has 2 heterocycles. The van der Waals surface area contributed by atoms with Crippen LogP contribution in [0.1, 0.15) is 41.4 Å². The minimum Gasteiger partial charge on any atom is -0.306 e. The molecule has 2 aromatic carbocycles. The summed E-state index contributed by atoms with van der Waals surface area (Å²) in [4.78, 5) is 47.7. The molecular formula is C14H4B3O4. The summed E-state index contributed by atoms with van der Waals surface area (Å²) in [6.07, 6.45) is 0. The fourth-order valence-corrected chi connectivity index (χ4v) is 3.06. The quantitative estimate of drug-likeness (QED) is 0.651. The topological polar surface area (TPSA) is 68.3 Å². The second-order valence-corrected chi connectivity index (χ2v) is 5.15. The Morgan fingerprint density at radius 2 is 1.38 bits per heavy atom. The van der Waals surface area contributed by atoms with Gasteiger partial charge in [-0.1, -0.05) is 24.3 Å². The molecule has 93 valence electrons. The summed E-state index contributed by atoms with van der Waals surface area (Å²) in [5, 5.41) is 1.00. The highest BCUT2D eigenvalue weighted by Gasteiger charge is 2.40. The van der Waals surface area contributed by atoms with Crippen molar-refractivity contribution in [2.24, 2.45) is 0 Å². The van der Waals surface area contributed by atoms with Crippen LogP contribution in [0.25, 0.3) is 10.8 Å². The third-order valence-corrected chi connectivity index (χ3v) is 4.05. The minimum atomic E-state index is -1.18. The number of fused-ring (bicyclic) bond motifs is 5. The second kappa shape index (κ2) is 3.82. The number of hydrogen-bond donors (Lipinski definition) is 0. The Morgan fingerprint density at radius 3 is 2.10 bits per heavy atom. The van der Waals surface area contributed by atoms with E-state index in [-0.39, 0.29) is 22.5 Å². The normalized spacial score (nSPS) is 16.5. The van der Waals surface area contributed by atoms with Gasteiger partial charge in [0, 0.05) is 30.0 Å². The highest BCUT2D eigenvalue weighted by molar-refractivity contribution is 7.39. The fourth-order valence-electron chi connectivity index (χ4n) is 3.06. The Hall–Kier alpha value is -2.43. The van der Waals surface area contributed by atoms with Crippen molar-refractivity contribution in [1.29, 1.82) is 0 Å². The highest BCUT2D eigenvalue weighted by atomic mass is 16.2. The van der Waals surface area contributed by atoms with E-state index >= 15 is 0 Å². The molecule has 0 unspecified atom stereocenters. The molecule has 7 heteroatoms. The van der Waals surface area contributed by atoms with Crippen LogP contribution in [0.4, 0.5) is 0 Å². The number of rotatable bonds is 0. The lowest BCUT2D eigenvalue weighted by molar-refractivity contribution is 0.104. The summed E-state index contributed by atoms with van der Waals surface area (Å²) in [7, 11) is 6.64. The first-order valence-electron chi connectivity index (χ1n) is 6.38. The second-order valence-electron chi connectivity index (χ2n) is 5.15. The van der Waals surface area contributed by atoms with Crippen LogP contribution in [0.15, 0.2) is 24.3 Å². The van der Waals surface area contributed by atoms with E-state index in [1.807, 2.05) is 0 Å². The Morgan fingerprint density at radius 1 is 0.762 bits per heavy atom. The first-order chi connectivity index (χ1) is 10.0. The van der Waals surface area contributed by atoms with E-state index < -0.39 is 18.0 Å². The number of carbonyl (C=O) groups is 4. The Bertz CT molecular complexity index is 916. The molecule has 3 radical (unpaired) electrons. The highest BCUT2D eigenvalue weighted by Crippen LogP contribution is 2.33. The first-order valence-corrected chi connectivity index (χ1v) is 6.38. The van der Waals surface area contributed by atoms with Gasteiger partial charge in [-0.3, -0.25) is 0 Å². The van der Waals surface area contributed by atoms with Crippen molar-refractivity contribution in [2.75, 3.05) is 0 Å². The van der Waals surface area contributed by atoms with Gasteiger partial charge < -0.3 is 19.2 Å². The number of hydrogen-bond acceptors (Lipinski definition) is 4. The van der Waals surface area contributed by atoms with Crippen molar-refractivity contribution in [2.45, 2.75) is 0 Å². The third kappa shape index (κ3) is 1.38. The van der Waals surface area contributed by atoms with Crippen molar-refractivity contribution in [3.8, 4) is 0 Å². The van der Waals surface area contributed by atoms with Crippen LogP contribution in [-0.2, 0) is 0 Å². The van der Waals surface area contributed by atoms with E-state index in [2.05, 4.69) is 0 Å². The maximum atomic E-state index is 12.2. The predicted octanol–water partition coefficient (Wildman–Crippen LogP) is 0.455. The average Bonchev–Trinajstić information content (AvgIpc) is 2.89. The molecule has 0 saturated heterocycles. The van der Waals surface area contributed by atoms with Gasteiger partial charge in [-0.15, -0.1) is 0 Å². The average molecular weight is 269 g/mol. The van der Waals surface area contributed by atoms with E-state index in [9.17, 15) is 19.2 Å². The summed E-state index contributed by atoms with van der Waals surface area (Å²) < 4.78 is 0. The smallest absolute Gasteiger partial charge is 0.304 e. The van der Waals surface area contributed by atoms with Crippen LogP contribution >= 0.6 is 0 Å². The van der Waals surface area contributed by atoms with Gasteiger partial charge in [0.2, 0.25) is 0 Å². The molecule has 0 atom stereocenters. The van der Waals surface area contributed by atoms with Crippen molar-refractivity contribution < 1.29 is 19.2 Å². The molecule has 0 aromatic heterocycles. The Labute approximate surface area is 121 Å². The van der Waals surface area contributed by atoms with Gasteiger partial charge in [-0.05, 0) is 10.8 Å². The molecule has 4 rings (SSSR count).